The maximum absolute atomic E-state index is 5.03. The fourth-order valence-electron chi connectivity index (χ4n) is 12.1. The van der Waals surface area contributed by atoms with Crippen molar-refractivity contribution in [3.05, 3.63) is 274 Å². The van der Waals surface area contributed by atoms with Crippen molar-refractivity contribution in [3.63, 3.8) is 0 Å². The molecule has 1 aliphatic carbocycles. The Morgan fingerprint density at radius 3 is 0.988 bits per heavy atom. The van der Waals surface area contributed by atoms with E-state index in [1.54, 1.807) is 0 Å². The zero-order chi connectivity index (χ0) is 54.3. The van der Waals surface area contributed by atoms with Crippen LogP contribution < -0.4 is 43.1 Å². The van der Waals surface area contributed by atoms with Crippen LogP contribution in [0.25, 0.3) is 116 Å². The first kappa shape index (κ1) is 53.7. The van der Waals surface area contributed by atoms with Crippen LogP contribution in [0.1, 0.15) is 117 Å². The molecule has 0 unspecified atom stereocenters. The third-order valence-electron chi connectivity index (χ3n) is 16.0. The quantitative estimate of drug-likeness (QED) is 0.113. The molecule has 4 N–H and O–H groups in total. The number of hydrogen-bond acceptors (Lipinski definition) is 4. The van der Waals surface area contributed by atoms with Crippen molar-refractivity contribution in [3.8, 4) is 0 Å². The fourth-order valence-corrected chi connectivity index (χ4v) is 12.1. The van der Waals surface area contributed by atoms with Gasteiger partial charge in [-0.3, -0.25) is 0 Å². The molecule has 10 aromatic rings. The zero-order valence-electron chi connectivity index (χ0n) is 45.7. The molecule has 0 saturated heterocycles. The third-order valence-corrected chi connectivity index (χ3v) is 16.0. The van der Waals surface area contributed by atoms with Gasteiger partial charge in [-0.1, -0.05) is 60.7 Å². The van der Waals surface area contributed by atoms with E-state index in [0.29, 0.717) is 0 Å². The summed E-state index contributed by atoms with van der Waals surface area (Å²) < 4.78 is 5.08. The number of benzene rings is 2. The lowest BCUT2D eigenvalue weighted by Gasteiger charge is -2.25. The molecular formula is C72H56Br2N10. The van der Waals surface area contributed by atoms with Gasteiger partial charge >= 0.3 is 0 Å². The van der Waals surface area contributed by atoms with Crippen LogP contribution in [0.2, 0.25) is 0 Å². The first-order valence-electron chi connectivity index (χ1n) is 28.2. The van der Waals surface area contributed by atoms with Crippen LogP contribution in [0, 0.1) is 0 Å². The fraction of sp³-hybridized carbons (Fsp3) is 0.0833. The van der Waals surface area contributed by atoms with Crippen molar-refractivity contribution in [2.45, 2.75) is 37.8 Å². The van der Waals surface area contributed by atoms with Crippen LogP contribution >= 0.6 is 0 Å². The molecule has 12 heteroatoms. The van der Waals surface area contributed by atoms with Gasteiger partial charge in [0, 0.05) is 105 Å². The number of hydrogen-bond donors (Lipinski definition) is 4. The molecule has 0 radical (unpaired) electrons. The predicted octanol–water partition coefficient (Wildman–Crippen LogP) is 9.74. The number of aromatic amines is 4. The number of fused-ring (bicyclic) bond motifs is 16. The van der Waals surface area contributed by atoms with Crippen LogP contribution in [0.5, 0.6) is 0 Å². The summed E-state index contributed by atoms with van der Waals surface area (Å²) in [6.07, 6.45) is 29.9. The summed E-state index contributed by atoms with van der Waals surface area (Å²) in [5.41, 5.74) is 24.1. The number of rotatable bonds is 8. The molecule has 84 heavy (non-hydrogen) atoms. The first-order valence-corrected chi connectivity index (χ1v) is 28.2. The maximum Gasteiger partial charge on any atom is 0.213 e. The SMILES string of the molecule is C1=Cc2cc3cc(/C=C(\c4ccccc4)c4cccc[n+]4C4CCC([n+]5ccccc5/C(=C/c5cc6cc7nc(cc8ccc(cc9nc(cc5[nH]6)C=C9)[nH]8)C=C7)c5ccccc5)CC4)c(cc4nc(cc5ccc(cc1n2)[nH]5)C=C4)[nH]3.[Br-].[Br-]. The Morgan fingerprint density at radius 1 is 0.333 bits per heavy atom. The van der Waals surface area contributed by atoms with Crippen LogP contribution in [0.15, 0.2) is 194 Å². The minimum Gasteiger partial charge on any atom is -1.00 e. The Kier molecular flexibility index (Phi) is 14.9. The highest BCUT2D eigenvalue weighted by Crippen LogP contribution is 2.35. The van der Waals surface area contributed by atoms with Gasteiger partial charge in [-0.15, -0.1) is 0 Å². The number of H-pyrrole nitrogens is 4. The summed E-state index contributed by atoms with van der Waals surface area (Å²) in [4.78, 5) is 34.5. The molecule has 408 valence electrons. The van der Waals surface area contributed by atoms with E-state index >= 15 is 0 Å². The molecule has 12 heterocycles. The largest absolute Gasteiger partial charge is 1.00 e. The van der Waals surface area contributed by atoms with E-state index in [1.807, 2.05) is 0 Å². The van der Waals surface area contributed by atoms with Gasteiger partial charge < -0.3 is 53.9 Å². The van der Waals surface area contributed by atoms with E-state index in [0.717, 1.165) is 149 Å². The van der Waals surface area contributed by atoms with Crippen molar-refractivity contribution < 1.29 is 43.1 Å². The standard InChI is InChI=1S/C72H54N10.2BrH/c1-3-11-47(12-4-1)67(37-49-35-63-43-59-23-21-55(75-59)39-51-17-19-53(73-51)41-57-25-27-61(77-57)45-69(49)79-63)71-15-7-9-33-81(71)65-29-31-66(32-30-65)82-34-10-8-16-72(82)68(48-13-5-2-6-14-48)38-50-36-64-44-60-24-22-56(76-60)40-52-18-20-54(74-52)42-58-26-28-62(78-58)46-70(50)80-64;;/h1-28,33-46,65-66H,29-32H2,(H2,73,74,75,76,77,78,79,80);2*1H. The van der Waals surface area contributed by atoms with Gasteiger partial charge in [0.2, 0.25) is 11.4 Å². The summed E-state index contributed by atoms with van der Waals surface area (Å²) in [5.74, 6) is 0. The minimum atomic E-state index is 0. The average molecular weight is 1220 g/mol. The highest BCUT2D eigenvalue weighted by molar-refractivity contribution is 5.96. The molecular weight excluding hydrogens is 1160 g/mol. The summed E-state index contributed by atoms with van der Waals surface area (Å²) in [7, 11) is 0. The van der Waals surface area contributed by atoms with Crippen LogP contribution in [-0.4, -0.2) is 39.9 Å². The topological polar surface area (TPSA) is 122 Å². The van der Waals surface area contributed by atoms with Crippen molar-refractivity contribution in [1.82, 2.24) is 39.9 Å². The van der Waals surface area contributed by atoms with Crippen molar-refractivity contribution in [2.24, 2.45) is 0 Å². The molecule has 4 aliphatic heterocycles. The summed E-state index contributed by atoms with van der Waals surface area (Å²) >= 11 is 0. The normalized spacial score (nSPS) is 15.4. The lowest BCUT2D eigenvalue weighted by Crippen LogP contribution is -3.00. The molecule has 1 fully saturated rings. The van der Waals surface area contributed by atoms with Crippen molar-refractivity contribution in [2.75, 3.05) is 0 Å². The van der Waals surface area contributed by atoms with Gasteiger partial charge in [-0.25, -0.2) is 19.9 Å². The predicted molar refractivity (Wildman–Crippen MR) is 334 cm³/mol. The Labute approximate surface area is 507 Å². The summed E-state index contributed by atoms with van der Waals surface area (Å²) in [6.45, 7) is 0. The van der Waals surface area contributed by atoms with E-state index in [2.05, 4.69) is 284 Å². The molecule has 8 aromatic heterocycles. The van der Waals surface area contributed by atoms with Crippen molar-refractivity contribution in [1.29, 1.82) is 0 Å². The van der Waals surface area contributed by atoms with Gasteiger partial charge in [0.25, 0.3) is 0 Å². The minimum absolute atomic E-state index is 0. The summed E-state index contributed by atoms with van der Waals surface area (Å²) in [6, 6.07) is 65.1. The van der Waals surface area contributed by atoms with Crippen LogP contribution in [-0.2, 0) is 0 Å². The highest BCUT2D eigenvalue weighted by Gasteiger charge is 2.36. The number of nitrogens with zero attached hydrogens (tertiary/aromatic N) is 6. The number of pyridine rings is 2. The van der Waals surface area contributed by atoms with E-state index in [9.17, 15) is 0 Å². The highest BCUT2D eigenvalue weighted by atomic mass is 79.9. The Morgan fingerprint density at radius 2 is 0.643 bits per heavy atom. The molecule has 0 amide bonds. The van der Waals surface area contributed by atoms with Crippen LogP contribution in [0.4, 0.5) is 0 Å². The maximum atomic E-state index is 5.03. The Balaban J connectivity index is 0.00000329. The number of aromatic nitrogens is 10. The molecule has 1 saturated carbocycles. The Hall–Kier alpha value is -9.62. The molecule has 15 rings (SSSR count). The second-order valence-corrected chi connectivity index (χ2v) is 21.6. The first-order chi connectivity index (χ1) is 40.5. The molecule has 0 atom stereocenters. The lowest BCUT2D eigenvalue weighted by molar-refractivity contribution is -0.750. The van der Waals surface area contributed by atoms with Gasteiger partial charge in [-0.05, 0) is 169 Å². The van der Waals surface area contributed by atoms with E-state index in [-0.39, 0.29) is 46.0 Å². The Bertz CT molecular complexity index is 4420. The van der Waals surface area contributed by atoms with Gasteiger partial charge in [0.15, 0.2) is 24.5 Å². The third kappa shape index (κ3) is 11.3. The molecule has 10 nitrogen and oxygen atoms in total. The van der Waals surface area contributed by atoms with Crippen LogP contribution in [0.3, 0.4) is 0 Å². The van der Waals surface area contributed by atoms with E-state index in [4.69, 9.17) is 19.9 Å². The monoisotopic (exact) mass is 1220 g/mol. The average Bonchev–Trinajstić information content (AvgIpc) is 4.53. The number of nitrogens with one attached hydrogen (secondary N) is 4. The molecule has 5 aliphatic rings. The van der Waals surface area contributed by atoms with Crippen molar-refractivity contribution >= 4 is 116 Å². The van der Waals surface area contributed by atoms with Gasteiger partial charge in [0.1, 0.15) is 0 Å². The zero-order valence-corrected chi connectivity index (χ0v) is 48.8. The lowest BCUT2D eigenvalue weighted by atomic mass is 9.88. The molecule has 2 aromatic carbocycles. The number of halogens is 2. The van der Waals surface area contributed by atoms with E-state index < -0.39 is 0 Å². The summed E-state index contributed by atoms with van der Waals surface area (Å²) in [5, 5.41) is 0. The second kappa shape index (κ2) is 23.3. The molecule has 16 bridgehead atoms. The van der Waals surface area contributed by atoms with Gasteiger partial charge in [0.05, 0.1) is 56.7 Å². The molecule has 0 spiro atoms. The van der Waals surface area contributed by atoms with E-state index in [1.165, 1.54) is 11.4 Å². The smallest absolute Gasteiger partial charge is 0.213 e. The second-order valence-electron chi connectivity index (χ2n) is 21.6. The van der Waals surface area contributed by atoms with Gasteiger partial charge in [-0.2, -0.15) is 9.13 Å².